The first-order valence-corrected chi connectivity index (χ1v) is 6.28. The molecule has 4 rings (SSSR count). The second kappa shape index (κ2) is 3.48. The minimum Gasteiger partial charge on any atom is -0.422 e. The summed E-state index contributed by atoms with van der Waals surface area (Å²) in [5.41, 5.74) is 1.75. The molecule has 0 radical (unpaired) electrons. The highest BCUT2D eigenvalue weighted by molar-refractivity contribution is 6.19. The van der Waals surface area contributed by atoms with Crippen molar-refractivity contribution in [3.8, 4) is 0 Å². The summed E-state index contributed by atoms with van der Waals surface area (Å²) in [5.74, 6) is 0. The Labute approximate surface area is 112 Å². The second-order valence-corrected chi connectivity index (χ2v) is 5.15. The fourth-order valence-corrected chi connectivity index (χ4v) is 2.82. The zero-order valence-corrected chi connectivity index (χ0v) is 10.9. The van der Waals surface area contributed by atoms with Gasteiger partial charge in [-0.05, 0) is 49.2 Å². The standard InChI is InChI=1S/C16H10O4/c1-7-3-9-13-10(4-7)16(18)20-12-6-8(2)5-11(14(12)13)19-15(9)17/h3-6H,1-2H3. The van der Waals surface area contributed by atoms with Crippen LogP contribution in [0.4, 0.5) is 0 Å². The summed E-state index contributed by atoms with van der Waals surface area (Å²) in [5, 5.41) is 2.18. The Morgan fingerprint density at radius 3 is 1.65 bits per heavy atom. The van der Waals surface area contributed by atoms with Gasteiger partial charge in [0.2, 0.25) is 0 Å². The van der Waals surface area contributed by atoms with Gasteiger partial charge in [0.25, 0.3) is 0 Å². The third-order valence-electron chi connectivity index (χ3n) is 3.59. The summed E-state index contributed by atoms with van der Waals surface area (Å²) in [4.78, 5) is 24.3. The molecule has 0 saturated heterocycles. The van der Waals surface area contributed by atoms with Crippen molar-refractivity contribution in [2.24, 2.45) is 0 Å². The van der Waals surface area contributed by atoms with E-state index in [1.807, 2.05) is 13.8 Å². The molecule has 2 aromatic heterocycles. The van der Waals surface area contributed by atoms with Crippen LogP contribution in [-0.4, -0.2) is 0 Å². The van der Waals surface area contributed by atoms with Gasteiger partial charge in [0.05, 0.1) is 16.2 Å². The first-order chi connectivity index (χ1) is 9.54. The fraction of sp³-hybridized carbons (Fsp3) is 0.125. The van der Waals surface area contributed by atoms with Crippen molar-refractivity contribution in [3.05, 3.63) is 56.2 Å². The molecule has 0 aliphatic carbocycles. The normalized spacial score (nSPS) is 11.9. The Kier molecular flexibility index (Phi) is 1.95. The summed E-state index contributed by atoms with van der Waals surface area (Å²) in [6.07, 6.45) is 0. The molecule has 0 fully saturated rings. The number of hydrogen-bond donors (Lipinski definition) is 0. The van der Waals surface area contributed by atoms with Crippen molar-refractivity contribution in [1.29, 1.82) is 0 Å². The summed E-state index contributed by atoms with van der Waals surface area (Å²) in [7, 11) is 0. The summed E-state index contributed by atoms with van der Waals surface area (Å²) < 4.78 is 10.7. The van der Waals surface area contributed by atoms with Gasteiger partial charge < -0.3 is 8.83 Å². The molecule has 0 spiro atoms. The Hall–Kier alpha value is -2.62. The van der Waals surface area contributed by atoms with Crippen LogP contribution >= 0.6 is 0 Å². The Morgan fingerprint density at radius 1 is 0.700 bits per heavy atom. The van der Waals surface area contributed by atoms with Gasteiger partial charge >= 0.3 is 11.3 Å². The van der Waals surface area contributed by atoms with Crippen LogP contribution in [0.5, 0.6) is 0 Å². The number of benzene rings is 2. The predicted molar refractivity (Wildman–Crippen MR) is 76.7 cm³/mol. The van der Waals surface area contributed by atoms with E-state index < -0.39 is 11.3 Å². The molecule has 0 aliphatic rings. The topological polar surface area (TPSA) is 60.4 Å². The molecule has 0 saturated carbocycles. The molecular formula is C16H10O4. The van der Waals surface area contributed by atoms with Crippen molar-refractivity contribution >= 4 is 32.7 Å². The van der Waals surface area contributed by atoms with E-state index in [9.17, 15) is 9.59 Å². The third-order valence-corrected chi connectivity index (χ3v) is 3.59. The molecule has 2 heterocycles. The third kappa shape index (κ3) is 1.30. The number of hydrogen-bond acceptors (Lipinski definition) is 4. The Morgan fingerprint density at radius 2 is 1.15 bits per heavy atom. The van der Waals surface area contributed by atoms with E-state index in [0.29, 0.717) is 32.7 Å². The molecule has 0 N–H and O–H groups in total. The zero-order chi connectivity index (χ0) is 14.0. The minimum atomic E-state index is -0.427. The van der Waals surface area contributed by atoms with Gasteiger partial charge in [-0.2, -0.15) is 0 Å². The fourth-order valence-electron chi connectivity index (χ4n) is 2.82. The van der Waals surface area contributed by atoms with Crippen LogP contribution in [0.25, 0.3) is 32.7 Å². The highest BCUT2D eigenvalue weighted by Crippen LogP contribution is 2.32. The zero-order valence-electron chi connectivity index (χ0n) is 10.9. The van der Waals surface area contributed by atoms with Gasteiger partial charge in [0.15, 0.2) is 0 Å². The summed E-state index contributed by atoms with van der Waals surface area (Å²) in [6, 6.07) is 7.05. The monoisotopic (exact) mass is 266 g/mol. The second-order valence-electron chi connectivity index (χ2n) is 5.15. The van der Waals surface area contributed by atoms with Crippen LogP contribution in [0.15, 0.2) is 42.7 Å². The lowest BCUT2D eigenvalue weighted by Gasteiger charge is -2.09. The van der Waals surface area contributed by atoms with E-state index >= 15 is 0 Å². The van der Waals surface area contributed by atoms with Gasteiger partial charge in [-0.1, -0.05) is 0 Å². The van der Waals surface area contributed by atoms with Gasteiger partial charge in [-0.15, -0.1) is 0 Å². The molecule has 0 aliphatic heterocycles. The maximum Gasteiger partial charge on any atom is 0.344 e. The smallest absolute Gasteiger partial charge is 0.344 e. The summed E-state index contributed by atoms with van der Waals surface area (Å²) >= 11 is 0. The minimum absolute atomic E-state index is 0.425. The maximum atomic E-state index is 12.1. The molecule has 0 atom stereocenters. The van der Waals surface area contributed by atoms with E-state index in [-0.39, 0.29) is 0 Å². The molecule has 2 aromatic carbocycles. The number of rotatable bonds is 0. The Bertz CT molecular complexity index is 1020. The molecule has 20 heavy (non-hydrogen) atoms. The van der Waals surface area contributed by atoms with Crippen molar-refractivity contribution in [1.82, 2.24) is 0 Å². The predicted octanol–water partition coefficient (Wildman–Crippen LogP) is 3.11. The van der Waals surface area contributed by atoms with E-state index in [4.69, 9.17) is 8.83 Å². The lowest BCUT2D eigenvalue weighted by Crippen LogP contribution is -2.07. The molecule has 98 valence electrons. The Balaban J connectivity index is 2.53. The van der Waals surface area contributed by atoms with Crippen molar-refractivity contribution in [2.45, 2.75) is 13.8 Å². The van der Waals surface area contributed by atoms with Gasteiger partial charge in [0, 0.05) is 5.39 Å². The maximum absolute atomic E-state index is 12.1. The molecular weight excluding hydrogens is 256 g/mol. The van der Waals surface area contributed by atoms with Crippen molar-refractivity contribution in [2.75, 3.05) is 0 Å². The molecule has 4 nitrogen and oxygen atoms in total. The lowest BCUT2D eigenvalue weighted by molar-refractivity contribution is 0.556. The van der Waals surface area contributed by atoms with E-state index in [1.54, 1.807) is 24.3 Å². The highest BCUT2D eigenvalue weighted by Gasteiger charge is 2.17. The van der Waals surface area contributed by atoms with Gasteiger partial charge in [-0.25, -0.2) is 9.59 Å². The largest absolute Gasteiger partial charge is 0.422 e. The highest BCUT2D eigenvalue weighted by atomic mass is 16.4. The van der Waals surface area contributed by atoms with Gasteiger partial charge in [-0.3, -0.25) is 0 Å². The van der Waals surface area contributed by atoms with E-state index in [1.165, 1.54) is 0 Å². The molecule has 0 amide bonds. The SMILES string of the molecule is Cc1cc2oc(=O)c3cc(C)cc4c(=O)oc(c1)c2c34. The first kappa shape index (κ1) is 11.2. The quantitative estimate of drug-likeness (QED) is 0.362. The molecule has 0 bridgehead atoms. The average Bonchev–Trinajstić information content (AvgIpc) is 2.37. The van der Waals surface area contributed by atoms with Crippen LogP contribution in [0.3, 0.4) is 0 Å². The lowest BCUT2D eigenvalue weighted by atomic mass is 10.00. The van der Waals surface area contributed by atoms with Crippen LogP contribution in [-0.2, 0) is 0 Å². The molecule has 4 heteroatoms. The molecule has 4 aromatic rings. The van der Waals surface area contributed by atoms with Crippen molar-refractivity contribution in [3.63, 3.8) is 0 Å². The summed E-state index contributed by atoms with van der Waals surface area (Å²) in [6.45, 7) is 3.69. The average molecular weight is 266 g/mol. The number of aryl methyl sites for hydroxylation is 2. The van der Waals surface area contributed by atoms with Crippen LogP contribution < -0.4 is 11.3 Å². The van der Waals surface area contributed by atoms with Crippen LogP contribution in [0.2, 0.25) is 0 Å². The van der Waals surface area contributed by atoms with Crippen molar-refractivity contribution < 1.29 is 8.83 Å². The first-order valence-electron chi connectivity index (χ1n) is 6.28. The van der Waals surface area contributed by atoms with Gasteiger partial charge in [0.1, 0.15) is 11.2 Å². The van der Waals surface area contributed by atoms with Crippen LogP contribution in [0, 0.1) is 13.8 Å². The molecule has 0 unspecified atom stereocenters. The van der Waals surface area contributed by atoms with E-state index in [2.05, 4.69) is 0 Å². The van der Waals surface area contributed by atoms with E-state index in [0.717, 1.165) is 11.1 Å². The van der Waals surface area contributed by atoms with Crippen LogP contribution in [0.1, 0.15) is 11.1 Å².